The molecular weight excluding hydrogens is 390 g/mol. The van der Waals surface area contributed by atoms with Gasteiger partial charge in [-0.15, -0.1) is 0 Å². The molecule has 0 unspecified atom stereocenters. The fraction of sp³-hybridized carbons (Fsp3) is 0.222. The van der Waals surface area contributed by atoms with E-state index in [9.17, 15) is 35.9 Å². The second kappa shape index (κ2) is 8.32. The van der Waals surface area contributed by atoms with Crippen molar-refractivity contribution in [1.29, 1.82) is 0 Å². The lowest BCUT2D eigenvalue weighted by Gasteiger charge is -2.13. The second-order valence-electron chi connectivity index (χ2n) is 5.76. The quantitative estimate of drug-likeness (QED) is 0.735. The highest BCUT2D eigenvalue weighted by Crippen LogP contribution is 2.29. The molecule has 0 aromatic heterocycles. The number of benzene rings is 2. The number of anilines is 1. The third kappa shape index (κ3) is 6.29. The van der Waals surface area contributed by atoms with Crippen LogP contribution < -0.4 is 10.6 Å². The summed E-state index contributed by atoms with van der Waals surface area (Å²) in [6.45, 7) is -1.53. The third-order valence-electron chi connectivity index (χ3n) is 3.54. The molecule has 0 saturated heterocycles. The molecule has 0 heterocycles. The molecule has 4 nitrogen and oxygen atoms in total. The molecule has 28 heavy (non-hydrogen) atoms. The van der Waals surface area contributed by atoms with Crippen molar-refractivity contribution in [3.05, 3.63) is 65.2 Å². The van der Waals surface area contributed by atoms with Gasteiger partial charge in [-0.1, -0.05) is 24.3 Å². The summed E-state index contributed by atoms with van der Waals surface area (Å²) >= 11 is 0. The highest BCUT2D eigenvalue weighted by molar-refractivity contribution is 6.04. The number of rotatable bonds is 5. The zero-order chi connectivity index (χ0) is 20.9. The number of alkyl halides is 6. The lowest BCUT2D eigenvalue weighted by Crippen LogP contribution is -2.34. The molecule has 0 aliphatic heterocycles. The Bertz CT molecular complexity index is 844. The molecule has 0 fully saturated rings. The van der Waals surface area contributed by atoms with Crippen LogP contribution in [0.1, 0.15) is 21.5 Å². The molecule has 0 aliphatic rings. The molecule has 150 valence electrons. The first kappa shape index (κ1) is 21.3. The van der Waals surface area contributed by atoms with Crippen LogP contribution in [0, 0.1) is 0 Å². The van der Waals surface area contributed by atoms with Gasteiger partial charge < -0.3 is 10.6 Å². The second-order valence-corrected chi connectivity index (χ2v) is 5.76. The topological polar surface area (TPSA) is 58.2 Å². The van der Waals surface area contributed by atoms with Crippen molar-refractivity contribution in [1.82, 2.24) is 5.32 Å². The first-order valence-electron chi connectivity index (χ1n) is 7.86. The Morgan fingerprint density at radius 2 is 1.46 bits per heavy atom. The summed E-state index contributed by atoms with van der Waals surface area (Å²) < 4.78 is 74.3. The highest BCUT2D eigenvalue weighted by atomic mass is 19.4. The summed E-state index contributed by atoms with van der Waals surface area (Å²) in [5.41, 5.74) is -0.751. The lowest BCUT2D eigenvalue weighted by atomic mass is 10.1. The average Bonchev–Trinajstić information content (AvgIpc) is 2.59. The molecule has 2 N–H and O–H groups in total. The van der Waals surface area contributed by atoms with E-state index >= 15 is 0 Å². The Labute approximate surface area is 155 Å². The molecule has 2 amide bonds. The number of amides is 2. The standard InChI is InChI=1S/C18H14F6N2O2/c19-17(20,21)10-25-16(28)13-3-1-2-4-14(13)26-15(27)9-11-5-7-12(8-6-11)18(22,23)24/h1-8H,9-10H2,(H,25,28)(H,26,27). The van der Waals surface area contributed by atoms with Crippen LogP contribution in [-0.4, -0.2) is 24.5 Å². The predicted octanol–water partition coefficient (Wildman–Crippen LogP) is 4.18. The van der Waals surface area contributed by atoms with Gasteiger partial charge in [0.05, 0.1) is 23.2 Å². The molecule has 0 radical (unpaired) electrons. The van der Waals surface area contributed by atoms with E-state index in [1.807, 2.05) is 0 Å². The Kier molecular flexibility index (Phi) is 6.32. The SMILES string of the molecule is O=C(Cc1ccc(C(F)(F)F)cc1)Nc1ccccc1C(=O)NCC(F)(F)F. The highest BCUT2D eigenvalue weighted by Gasteiger charge is 2.30. The minimum Gasteiger partial charge on any atom is -0.343 e. The largest absolute Gasteiger partial charge is 0.416 e. The molecule has 0 atom stereocenters. The van der Waals surface area contributed by atoms with Crippen molar-refractivity contribution >= 4 is 17.5 Å². The summed E-state index contributed by atoms with van der Waals surface area (Å²) in [6.07, 6.45) is -9.36. The van der Waals surface area contributed by atoms with Crippen LogP contribution in [0.15, 0.2) is 48.5 Å². The number of hydrogen-bond donors (Lipinski definition) is 2. The van der Waals surface area contributed by atoms with Crippen LogP contribution in [0.5, 0.6) is 0 Å². The lowest BCUT2D eigenvalue weighted by molar-refractivity contribution is -0.137. The summed E-state index contributed by atoms with van der Waals surface area (Å²) in [5, 5.41) is 4.08. The van der Waals surface area contributed by atoms with Crippen LogP contribution in [0.25, 0.3) is 0 Å². The van der Waals surface area contributed by atoms with Crippen LogP contribution in [0.2, 0.25) is 0 Å². The van der Waals surface area contributed by atoms with Gasteiger partial charge in [0.15, 0.2) is 0 Å². The van der Waals surface area contributed by atoms with E-state index in [-0.39, 0.29) is 17.7 Å². The predicted molar refractivity (Wildman–Crippen MR) is 88.6 cm³/mol. The number of nitrogens with one attached hydrogen (secondary N) is 2. The van der Waals surface area contributed by atoms with Gasteiger partial charge >= 0.3 is 12.4 Å². The van der Waals surface area contributed by atoms with Crippen molar-refractivity contribution in [2.24, 2.45) is 0 Å². The maximum absolute atomic E-state index is 12.5. The minimum absolute atomic E-state index is 0.0147. The van der Waals surface area contributed by atoms with Crippen molar-refractivity contribution in [3.63, 3.8) is 0 Å². The van der Waals surface area contributed by atoms with E-state index in [2.05, 4.69) is 5.32 Å². The van der Waals surface area contributed by atoms with Gasteiger partial charge in [-0.3, -0.25) is 9.59 Å². The monoisotopic (exact) mass is 404 g/mol. The number of carbonyl (C=O) groups is 2. The van der Waals surface area contributed by atoms with E-state index in [0.29, 0.717) is 5.56 Å². The van der Waals surface area contributed by atoms with Gasteiger partial charge in [-0.25, -0.2) is 0 Å². The van der Waals surface area contributed by atoms with Crippen molar-refractivity contribution < 1.29 is 35.9 Å². The van der Waals surface area contributed by atoms with E-state index in [0.717, 1.165) is 24.3 Å². The van der Waals surface area contributed by atoms with E-state index in [4.69, 9.17) is 0 Å². The Balaban J connectivity index is 2.05. The van der Waals surface area contributed by atoms with Crippen molar-refractivity contribution in [3.8, 4) is 0 Å². The zero-order valence-electron chi connectivity index (χ0n) is 14.1. The number of carbonyl (C=O) groups excluding carboxylic acids is 2. The normalized spacial score (nSPS) is 11.8. The van der Waals surface area contributed by atoms with Gasteiger partial charge in [0, 0.05) is 0 Å². The fourth-order valence-corrected chi connectivity index (χ4v) is 2.26. The van der Waals surface area contributed by atoms with Crippen LogP contribution in [0.4, 0.5) is 32.0 Å². The Hall–Kier alpha value is -3.04. The first-order chi connectivity index (χ1) is 13.0. The van der Waals surface area contributed by atoms with Gasteiger partial charge in [0.2, 0.25) is 5.91 Å². The molecule has 0 bridgehead atoms. The van der Waals surface area contributed by atoms with E-state index in [1.165, 1.54) is 24.3 Å². The van der Waals surface area contributed by atoms with Crippen LogP contribution in [-0.2, 0) is 17.4 Å². The first-order valence-corrected chi connectivity index (χ1v) is 7.86. The van der Waals surface area contributed by atoms with E-state index < -0.39 is 36.3 Å². The van der Waals surface area contributed by atoms with Crippen molar-refractivity contribution in [2.45, 2.75) is 18.8 Å². The molecule has 0 saturated carbocycles. The minimum atomic E-state index is -4.59. The van der Waals surface area contributed by atoms with Crippen LogP contribution in [0.3, 0.4) is 0 Å². The maximum atomic E-state index is 12.5. The molecule has 2 aromatic carbocycles. The molecular formula is C18H14F6N2O2. The van der Waals surface area contributed by atoms with Gasteiger partial charge in [-0.05, 0) is 29.8 Å². The van der Waals surface area contributed by atoms with Gasteiger partial charge in [0.25, 0.3) is 5.91 Å². The molecule has 0 aliphatic carbocycles. The molecule has 0 spiro atoms. The smallest absolute Gasteiger partial charge is 0.343 e. The number of halogens is 6. The maximum Gasteiger partial charge on any atom is 0.416 e. The average molecular weight is 404 g/mol. The molecule has 2 rings (SSSR count). The third-order valence-corrected chi connectivity index (χ3v) is 3.54. The van der Waals surface area contributed by atoms with Crippen molar-refractivity contribution in [2.75, 3.05) is 11.9 Å². The Morgan fingerprint density at radius 3 is 2.04 bits per heavy atom. The molecule has 10 heteroatoms. The summed E-state index contributed by atoms with van der Waals surface area (Å²) in [5.74, 6) is -1.67. The van der Waals surface area contributed by atoms with E-state index in [1.54, 1.807) is 5.32 Å². The summed E-state index contributed by atoms with van der Waals surface area (Å²) in [6, 6.07) is 9.39. The zero-order valence-corrected chi connectivity index (χ0v) is 14.1. The van der Waals surface area contributed by atoms with Gasteiger partial charge in [-0.2, -0.15) is 26.3 Å². The molecule has 2 aromatic rings. The fourth-order valence-electron chi connectivity index (χ4n) is 2.26. The van der Waals surface area contributed by atoms with Gasteiger partial charge in [0.1, 0.15) is 6.54 Å². The summed E-state index contributed by atoms with van der Waals surface area (Å²) in [7, 11) is 0. The number of para-hydroxylation sites is 1. The Morgan fingerprint density at radius 1 is 0.857 bits per heavy atom. The van der Waals surface area contributed by atoms with Crippen LogP contribution >= 0.6 is 0 Å². The number of hydrogen-bond acceptors (Lipinski definition) is 2. The summed E-state index contributed by atoms with van der Waals surface area (Å²) in [4.78, 5) is 24.0.